The number of hydrogen-bond acceptors (Lipinski definition) is 1. The Labute approximate surface area is 123 Å². The first kappa shape index (κ1) is 17.5. The van der Waals surface area contributed by atoms with Crippen molar-refractivity contribution in [3.8, 4) is 0 Å². The van der Waals surface area contributed by atoms with Gasteiger partial charge in [-0.25, -0.2) is 0 Å². The molecule has 1 rings (SSSR count). The second-order valence-electron chi connectivity index (χ2n) is 6.71. The van der Waals surface area contributed by atoms with Crippen LogP contribution in [0.1, 0.15) is 42.3 Å². The molecule has 21 heavy (non-hydrogen) atoms. The lowest BCUT2D eigenvalue weighted by Crippen LogP contribution is -2.43. The largest absolute Gasteiger partial charge is 0.406 e. The van der Waals surface area contributed by atoms with Gasteiger partial charge in [-0.05, 0) is 31.4 Å². The lowest BCUT2D eigenvalue weighted by atomic mass is 9.95. The summed E-state index contributed by atoms with van der Waals surface area (Å²) < 4.78 is 38.2. The van der Waals surface area contributed by atoms with Crippen LogP contribution in [0, 0.1) is 19.3 Å². The van der Waals surface area contributed by atoms with Gasteiger partial charge in [0.05, 0.1) is 0 Å². The molecule has 2 nitrogen and oxygen atoms in total. The Bertz CT molecular complexity index is 479. The van der Waals surface area contributed by atoms with Gasteiger partial charge in [0, 0.05) is 12.1 Å². The molecule has 118 valence electrons. The van der Waals surface area contributed by atoms with Crippen molar-refractivity contribution in [2.75, 3.05) is 13.1 Å². The monoisotopic (exact) mass is 301 g/mol. The number of hydrogen-bond donors (Lipinski definition) is 0. The highest BCUT2D eigenvalue weighted by molar-refractivity contribution is 5.94. The van der Waals surface area contributed by atoms with Crippen LogP contribution in [0.2, 0.25) is 0 Å². The molecule has 1 amide bonds. The average Bonchev–Trinajstić information content (AvgIpc) is 2.21. The number of alkyl halides is 3. The van der Waals surface area contributed by atoms with E-state index in [-0.39, 0.29) is 6.54 Å². The molecule has 0 bridgehead atoms. The molecular formula is C16H22F3NO. The van der Waals surface area contributed by atoms with E-state index in [9.17, 15) is 18.0 Å². The van der Waals surface area contributed by atoms with Gasteiger partial charge in [-0.1, -0.05) is 38.0 Å². The first-order chi connectivity index (χ1) is 9.37. The van der Waals surface area contributed by atoms with Gasteiger partial charge in [0.2, 0.25) is 0 Å². The van der Waals surface area contributed by atoms with Crippen molar-refractivity contribution in [2.45, 2.75) is 40.8 Å². The number of nitrogens with zero attached hydrogens (tertiary/aromatic N) is 1. The van der Waals surface area contributed by atoms with Gasteiger partial charge in [-0.2, -0.15) is 13.2 Å². The first-order valence-electron chi connectivity index (χ1n) is 6.82. The topological polar surface area (TPSA) is 20.3 Å². The Morgan fingerprint density at radius 3 is 1.86 bits per heavy atom. The number of carbonyl (C=O) groups excluding carboxylic acids is 1. The zero-order valence-corrected chi connectivity index (χ0v) is 13.1. The van der Waals surface area contributed by atoms with Crippen molar-refractivity contribution < 1.29 is 18.0 Å². The summed E-state index contributed by atoms with van der Waals surface area (Å²) >= 11 is 0. The van der Waals surface area contributed by atoms with Crippen molar-refractivity contribution in [1.82, 2.24) is 4.90 Å². The van der Waals surface area contributed by atoms with Gasteiger partial charge >= 0.3 is 6.18 Å². The highest BCUT2D eigenvalue weighted by atomic mass is 19.4. The molecular weight excluding hydrogens is 279 g/mol. The summed E-state index contributed by atoms with van der Waals surface area (Å²) in [4.78, 5) is 13.3. The Morgan fingerprint density at radius 1 is 1.00 bits per heavy atom. The molecule has 0 saturated carbocycles. The smallest absolute Gasteiger partial charge is 0.329 e. The van der Waals surface area contributed by atoms with E-state index < -0.39 is 24.0 Å². The van der Waals surface area contributed by atoms with Gasteiger partial charge in [0.25, 0.3) is 5.91 Å². The highest BCUT2D eigenvalue weighted by Crippen LogP contribution is 2.23. The third-order valence-electron chi connectivity index (χ3n) is 2.79. The average molecular weight is 301 g/mol. The molecule has 0 N–H and O–H groups in total. The number of carbonyl (C=O) groups is 1. The van der Waals surface area contributed by atoms with E-state index in [4.69, 9.17) is 0 Å². The van der Waals surface area contributed by atoms with Crippen molar-refractivity contribution >= 4 is 5.91 Å². The van der Waals surface area contributed by atoms with Gasteiger partial charge in [-0.15, -0.1) is 0 Å². The molecule has 0 spiro atoms. The summed E-state index contributed by atoms with van der Waals surface area (Å²) in [7, 11) is 0. The minimum Gasteiger partial charge on any atom is -0.329 e. The van der Waals surface area contributed by atoms with E-state index >= 15 is 0 Å². The second kappa shape index (κ2) is 6.08. The molecule has 0 radical (unpaired) electrons. The minimum absolute atomic E-state index is 0.0539. The van der Waals surface area contributed by atoms with E-state index in [0.29, 0.717) is 5.56 Å². The Morgan fingerprint density at radius 2 is 1.48 bits per heavy atom. The molecule has 1 aromatic carbocycles. The maximum Gasteiger partial charge on any atom is 0.406 e. The van der Waals surface area contributed by atoms with E-state index in [1.165, 1.54) is 0 Å². The number of halogens is 3. The predicted molar refractivity (Wildman–Crippen MR) is 77.3 cm³/mol. The van der Waals surface area contributed by atoms with Crippen molar-refractivity contribution in [3.63, 3.8) is 0 Å². The molecule has 1 aromatic rings. The molecule has 0 saturated heterocycles. The Hall–Kier alpha value is -1.52. The molecule has 0 aliphatic heterocycles. The van der Waals surface area contributed by atoms with Gasteiger partial charge in [0.1, 0.15) is 6.54 Å². The molecule has 0 fully saturated rings. The summed E-state index contributed by atoms with van der Waals surface area (Å²) in [6.45, 7) is 7.90. The summed E-state index contributed by atoms with van der Waals surface area (Å²) in [5, 5.41) is 0. The Kier molecular flexibility index (Phi) is 5.07. The van der Waals surface area contributed by atoms with Crippen LogP contribution < -0.4 is 0 Å². The summed E-state index contributed by atoms with van der Waals surface area (Å²) in [6.07, 6.45) is -4.40. The number of aryl methyl sites for hydroxylation is 2. The standard InChI is InChI=1S/C16H22F3NO/c1-11-6-12(2)8-13(7-11)14(21)20(9-15(3,4)5)10-16(17,18)19/h6-8H,9-10H2,1-5H3. The third kappa shape index (κ3) is 6.19. The molecule has 0 aliphatic carbocycles. The van der Waals surface area contributed by atoms with E-state index in [1.807, 2.05) is 40.7 Å². The molecule has 0 unspecified atom stereocenters. The minimum atomic E-state index is -4.40. The highest BCUT2D eigenvalue weighted by Gasteiger charge is 2.35. The molecule has 0 atom stereocenters. The number of rotatable bonds is 3. The molecule has 0 aromatic heterocycles. The van der Waals surface area contributed by atoms with Crippen LogP contribution in [-0.2, 0) is 0 Å². The SMILES string of the molecule is Cc1cc(C)cc(C(=O)N(CC(C)(C)C)CC(F)(F)F)c1. The van der Waals surface area contributed by atoms with Crippen LogP contribution in [0.15, 0.2) is 18.2 Å². The fourth-order valence-electron chi connectivity index (χ4n) is 2.27. The zero-order valence-electron chi connectivity index (χ0n) is 13.1. The van der Waals surface area contributed by atoms with E-state index in [2.05, 4.69) is 0 Å². The lowest BCUT2D eigenvalue weighted by Gasteiger charge is -2.31. The van der Waals surface area contributed by atoms with Crippen molar-refractivity contribution in [2.24, 2.45) is 5.41 Å². The van der Waals surface area contributed by atoms with Gasteiger partial charge in [-0.3, -0.25) is 4.79 Å². The van der Waals surface area contributed by atoms with E-state index in [0.717, 1.165) is 16.0 Å². The molecule has 0 aliphatic rings. The maximum absolute atomic E-state index is 12.7. The van der Waals surface area contributed by atoms with Crippen LogP contribution in [0.4, 0.5) is 13.2 Å². The molecule has 5 heteroatoms. The first-order valence-corrected chi connectivity index (χ1v) is 6.82. The quantitative estimate of drug-likeness (QED) is 0.812. The number of amides is 1. The van der Waals surface area contributed by atoms with Crippen molar-refractivity contribution in [1.29, 1.82) is 0 Å². The summed E-state index contributed by atoms with van der Waals surface area (Å²) in [6, 6.07) is 5.14. The normalized spacial score (nSPS) is 12.4. The fraction of sp³-hybridized carbons (Fsp3) is 0.562. The molecule has 0 heterocycles. The fourth-order valence-corrected chi connectivity index (χ4v) is 2.27. The number of benzene rings is 1. The summed E-state index contributed by atoms with van der Waals surface area (Å²) in [5.74, 6) is -0.575. The van der Waals surface area contributed by atoms with Crippen LogP contribution in [-0.4, -0.2) is 30.1 Å². The van der Waals surface area contributed by atoms with Crippen LogP contribution in [0.25, 0.3) is 0 Å². The van der Waals surface area contributed by atoms with Crippen LogP contribution >= 0.6 is 0 Å². The Balaban J connectivity index is 3.09. The van der Waals surface area contributed by atoms with Crippen LogP contribution in [0.3, 0.4) is 0 Å². The van der Waals surface area contributed by atoms with Gasteiger partial charge < -0.3 is 4.90 Å². The lowest BCUT2D eigenvalue weighted by molar-refractivity contribution is -0.142. The summed E-state index contributed by atoms with van der Waals surface area (Å²) in [5.41, 5.74) is 1.63. The third-order valence-corrected chi connectivity index (χ3v) is 2.79. The zero-order chi connectivity index (χ0) is 16.4. The predicted octanol–water partition coefficient (Wildman–Crippen LogP) is 4.35. The van der Waals surface area contributed by atoms with E-state index in [1.54, 1.807) is 12.1 Å². The second-order valence-corrected chi connectivity index (χ2v) is 6.71. The van der Waals surface area contributed by atoms with Gasteiger partial charge in [0.15, 0.2) is 0 Å². The van der Waals surface area contributed by atoms with Crippen molar-refractivity contribution in [3.05, 3.63) is 34.9 Å². The maximum atomic E-state index is 12.7. The van der Waals surface area contributed by atoms with Crippen LogP contribution in [0.5, 0.6) is 0 Å².